The smallest absolute Gasteiger partial charge is 0.303 e. The van der Waals surface area contributed by atoms with E-state index >= 15 is 0 Å². The molecular formula is C32H27Cl2N2O3+. The average Bonchev–Trinajstić information content (AvgIpc) is 3.31. The Bertz CT molecular complexity index is 1610. The SMILES string of the molecule is C[N+](c1ccc(Cl)cc1)(c1ccc(Cl)cc1)c1cccc(C(=O)n2cc(CCCC(=O)O)c3ccccc32)c1. The van der Waals surface area contributed by atoms with Crippen LogP contribution in [0.5, 0.6) is 0 Å². The summed E-state index contributed by atoms with van der Waals surface area (Å²) in [4.78, 5) is 25.0. The minimum absolute atomic E-state index is 0.0847. The van der Waals surface area contributed by atoms with E-state index in [4.69, 9.17) is 28.3 Å². The van der Waals surface area contributed by atoms with Crippen molar-refractivity contribution in [1.29, 1.82) is 0 Å². The molecule has 1 N–H and O–H groups in total. The molecule has 7 heteroatoms. The Morgan fingerprint density at radius 2 is 1.41 bits per heavy atom. The maximum absolute atomic E-state index is 13.9. The van der Waals surface area contributed by atoms with Gasteiger partial charge in [-0.1, -0.05) is 47.5 Å². The van der Waals surface area contributed by atoms with Gasteiger partial charge in [0.1, 0.15) is 17.1 Å². The first-order valence-electron chi connectivity index (χ1n) is 12.6. The van der Waals surface area contributed by atoms with E-state index in [2.05, 4.69) is 7.05 Å². The Balaban J connectivity index is 1.58. The van der Waals surface area contributed by atoms with Gasteiger partial charge in [0.25, 0.3) is 5.91 Å². The number of carboxylic acids is 1. The van der Waals surface area contributed by atoms with Gasteiger partial charge in [0, 0.05) is 70.0 Å². The quantitative estimate of drug-likeness (QED) is 0.194. The minimum atomic E-state index is -0.825. The first kappa shape index (κ1) is 26.7. The number of carbonyl (C=O) groups excluding carboxylic acids is 1. The van der Waals surface area contributed by atoms with Crippen LogP contribution in [0, 0.1) is 0 Å². The number of nitrogens with zero attached hydrogens (tertiary/aromatic N) is 2. The molecule has 0 saturated heterocycles. The zero-order chi connectivity index (χ0) is 27.6. The average molecular weight is 558 g/mol. The topological polar surface area (TPSA) is 59.3 Å². The predicted octanol–water partition coefficient (Wildman–Crippen LogP) is 8.64. The second kappa shape index (κ2) is 11.1. The maximum atomic E-state index is 13.9. The molecular weight excluding hydrogens is 531 g/mol. The van der Waals surface area contributed by atoms with Crippen molar-refractivity contribution in [2.45, 2.75) is 19.3 Å². The van der Waals surface area contributed by atoms with Gasteiger partial charge < -0.3 is 5.11 Å². The lowest BCUT2D eigenvalue weighted by atomic mass is 10.1. The van der Waals surface area contributed by atoms with Gasteiger partial charge in [0.05, 0.1) is 12.6 Å². The van der Waals surface area contributed by atoms with E-state index in [0.717, 1.165) is 33.5 Å². The number of carboxylic acid groups (broad SMARTS) is 1. The van der Waals surface area contributed by atoms with Crippen molar-refractivity contribution in [2.24, 2.45) is 0 Å². The van der Waals surface area contributed by atoms with Crippen molar-refractivity contribution >= 4 is 63.0 Å². The minimum Gasteiger partial charge on any atom is -0.481 e. The zero-order valence-corrected chi connectivity index (χ0v) is 22.9. The highest BCUT2D eigenvalue weighted by Crippen LogP contribution is 2.43. The first-order valence-corrected chi connectivity index (χ1v) is 13.4. The molecule has 0 aliphatic heterocycles. The molecule has 0 atom stereocenters. The Morgan fingerprint density at radius 1 is 0.795 bits per heavy atom. The molecule has 4 aromatic carbocycles. The highest BCUT2D eigenvalue weighted by molar-refractivity contribution is 6.31. The van der Waals surface area contributed by atoms with Gasteiger partial charge >= 0.3 is 5.97 Å². The van der Waals surface area contributed by atoms with Crippen molar-refractivity contribution in [3.8, 4) is 0 Å². The number of halogens is 2. The lowest BCUT2D eigenvalue weighted by Crippen LogP contribution is -2.33. The van der Waals surface area contributed by atoms with E-state index in [-0.39, 0.29) is 12.3 Å². The molecule has 0 radical (unpaired) electrons. The van der Waals surface area contributed by atoms with Gasteiger partial charge in [0.2, 0.25) is 0 Å². The number of rotatable bonds is 8. The van der Waals surface area contributed by atoms with Gasteiger partial charge in [-0.3, -0.25) is 14.2 Å². The number of fused-ring (bicyclic) bond motifs is 1. The predicted molar refractivity (Wildman–Crippen MR) is 159 cm³/mol. The first-order chi connectivity index (χ1) is 18.8. The highest BCUT2D eigenvalue weighted by Gasteiger charge is 2.32. The fourth-order valence-corrected chi connectivity index (χ4v) is 5.28. The van der Waals surface area contributed by atoms with Crippen LogP contribution in [0.15, 0.2) is 103 Å². The van der Waals surface area contributed by atoms with Crippen LogP contribution in [0.4, 0.5) is 17.1 Å². The molecule has 1 heterocycles. The molecule has 1 aromatic heterocycles. The van der Waals surface area contributed by atoms with Crippen LogP contribution >= 0.6 is 23.2 Å². The number of quaternary nitrogens is 1. The number of hydrogen-bond donors (Lipinski definition) is 1. The van der Waals surface area contributed by atoms with E-state index in [9.17, 15) is 9.59 Å². The van der Waals surface area contributed by atoms with Gasteiger partial charge in [-0.2, -0.15) is 0 Å². The van der Waals surface area contributed by atoms with E-state index in [0.29, 0.717) is 32.9 Å². The maximum Gasteiger partial charge on any atom is 0.303 e. The fourth-order valence-electron chi connectivity index (χ4n) is 5.03. The molecule has 5 aromatic rings. The molecule has 5 nitrogen and oxygen atoms in total. The number of aromatic nitrogens is 1. The Hall–Kier alpha value is -3.90. The molecule has 196 valence electrons. The summed E-state index contributed by atoms with van der Waals surface area (Å²) in [5.74, 6) is -0.981. The summed E-state index contributed by atoms with van der Waals surface area (Å²) >= 11 is 12.4. The van der Waals surface area contributed by atoms with E-state index in [1.165, 1.54) is 0 Å². The summed E-state index contributed by atoms with van der Waals surface area (Å²) in [6.07, 6.45) is 3.01. The van der Waals surface area contributed by atoms with Gasteiger partial charge in [-0.15, -0.1) is 0 Å². The summed E-state index contributed by atoms with van der Waals surface area (Å²) in [5.41, 5.74) is 5.13. The molecule has 0 unspecified atom stereocenters. The number of para-hydroxylation sites is 1. The van der Waals surface area contributed by atoms with Crippen molar-refractivity contribution in [3.05, 3.63) is 124 Å². The second-order valence-electron chi connectivity index (χ2n) is 9.60. The van der Waals surface area contributed by atoms with Gasteiger partial charge in [-0.05, 0) is 54.8 Å². The number of hydrogen-bond acceptors (Lipinski definition) is 2. The summed E-state index contributed by atoms with van der Waals surface area (Å²) in [7, 11) is 2.07. The van der Waals surface area contributed by atoms with Crippen molar-refractivity contribution < 1.29 is 14.7 Å². The number of aliphatic carboxylic acids is 1. The number of carbonyl (C=O) groups is 2. The van der Waals surface area contributed by atoms with Crippen molar-refractivity contribution in [3.63, 3.8) is 0 Å². The summed E-state index contributed by atoms with van der Waals surface area (Å²) in [6, 6.07) is 30.7. The summed E-state index contributed by atoms with van der Waals surface area (Å²) in [6.45, 7) is 0. The number of benzene rings is 4. The molecule has 5 rings (SSSR count). The molecule has 0 aliphatic carbocycles. The number of aryl methyl sites for hydroxylation is 1. The third kappa shape index (κ3) is 5.34. The molecule has 39 heavy (non-hydrogen) atoms. The van der Waals surface area contributed by atoms with Crippen LogP contribution in [0.1, 0.15) is 28.8 Å². The Morgan fingerprint density at radius 3 is 2.03 bits per heavy atom. The zero-order valence-electron chi connectivity index (χ0n) is 21.4. The van der Waals surface area contributed by atoms with Gasteiger partial charge in [-0.25, -0.2) is 4.48 Å². The highest BCUT2D eigenvalue weighted by atomic mass is 35.5. The van der Waals surface area contributed by atoms with Crippen LogP contribution in [0.2, 0.25) is 10.0 Å². The second-order valence-corrected chi connectivity index (χ2v) is 10.5. The molecule has 0 spiro atoms. The molecule has 0 fully saturated rings. The van der Waals surface area contributed by atoms with Crippen LogP contribution in [-0.4, -0.2) is 28.6 Å². The molecule has 0 saturated carbocycles. The van der Waals surface area contributed by atoms with Crippen LogP contribution < -0.4 is 4.48 Å². The lowest BCUT2D eigenvalue weighted by molar-refractivity contribution is -0.137. The Kier molecular flexibility index (Phi) is 7.58. The Labute approximate surface area is 237 Å². The molecule has 0 aliphatic rings. The summed E-state index contributed by atoms with van der Waals surface area (Å²) in [5, 5.41) is 11.3. The van der Waals surface area contributed by atoms with Crippen LogP contribution in [-0.2, 0) is 11.2 Å². The van der Waals surface area contributed by atoms with Gasteiger partial charge in [0.15, 0.2) is 0 Å². The van der Waals surface area contributed by atoms with E-state index < -0.39 is 5.97 Å². The van der Waals surface area contributed by atoms with E-state index in [1.807, 2.05) is 103 Å². The third-order valence-corrected chi connectivity index (χ3v) is 7.65. The monoisotopic (exact) mass is 557 g/mol. The fraction of sp³-hybridized carbons (Fsp3) is 0.125. The third-order valence-electron chi connectivity index (χ3n) is 7.15. The normalized spacial score (nSPS) is 11.6. The van der Waals surface area contributed by atoms with E-state index in [1.54, 1.807) is 4.57 Å². The molecule has 0 amide bonds. The standard InChI is InChI=1S/C32H26Cl2N2O3/c1-36(26-16-12-24(33)13-17-26,27-18-14-25(34)15-19-27)28-8-4-6-22(20-28)32(39)35-21-23(7-5-11-31(37)38)29-9-2-3-10-30(29)35/h2-4,6,8-10,12-21H,5,7,11H2,1H3/p+1. The van der Waals surface area contributed by atoms with Crippen LogP contribution in [0.3, 0.4) is 0 Å². The lowest BCUT2D eigenvalue weighted by Gasteiger charge is -2.33. The summed E-state index contributed by atoms with van der Waals surface area (Å²) < 4.78 is 1.96. The van der Waals surface area contributed by atoms with Crippen molar-refractivity contribution in [1.82, 2.24) is 9.05 Å². The van der Waals surface area contributed by atoms with Crippen LogP contribution in [0.25, 0.3) is 10.9 Å². The largest absolute Gasteiger partial charge is 0.481 e. The van der Waals surface area contributed by atoms with Crippen molar-refractivity contribution in [2.75, 3.05) is 7.05 Å². The molecule has 0 bridgehead atoms.